The average molecular weight is 686 g/mol. The molecular weight excluding hydrogens is 622 g/mol. The first-order valence-corrected chi connectivity index (χ1v) is 16.9. The first-order chi connectivity index (χ1) is 21.8. The first kappa shape index (κ1) is 45.2. The number of carbonyl (C=O) groups excluding carboxylic acids is 5. The summed E-state index contributed by atoms with van der Waals surface area (Å²) in [7, 11) is 0. The van der Waals surface area contributed by atoms with E-state index in [1.807, 2.05) is 13.8 Å². The molecule has 48 heavy (non-hydrogen) atoms. The van der Waals surface area contributed by atoms with Crippen LogP contribution in [0.1, 0.15) is 102 Å². The summed E-state index contributed by atoms with van der Waals surface area (Å²) in [4.78, 5) is 84.1. The molecule has 14 nitrogen and oxygen atoms in total. The monoisotopic (exact) mass is 685 g/mol. The summed E-state index contributed by atoms with van der Waals surface area (Å²) in [6.45, 7) is 17.8. The highest BCUT2D eigenvalue weighted by Gasteiger charge is 2.73. The number of aliphatic hydroxyl groups is 2. The van der Waals surface area contributed by atoms with E-state index in [0.29, 0.717) is 0 Å². The summed E-state index contributed by atoms with van der Waals surface area (Å²) in [5.74, 6) is -10.4. The normalized spacial score (nSPS) is 18.4. The third kappa shape index (κ3) is 10.9. The molecule has 0 aliphatic carbocycles. The number of aliphatic carboxylic acids is 1. The Hall–Kier alpha value is -2.78. The fourth-order valence-corrected chi connectivity index (χ4v) is 5.74. The molecule has 0 aromatic carbocycles. The van der Waals surface area contributed by atoms with Gasteiger partial charge in [-0.1, -0.05) is 69.2 Å². The van der Waals surface area contributed by atoms with Gasteiger partial charge in [0.15, 0.2) is 23.0 Å². The molecule has 0 radical (unpaired) electrons. The number of hydrogen-bond donors (Lipinski definition) is 8. The lowest BCUT2D eigenvalue weighted by atomic mass is 9.56. The van der Waals surface area contributed by atoms with E-state index >= 15 is 0 Å². The van der Waals surface area contributed by atoms with Crippen molar-refractivity contribution in [2.24, 2.45) is 52.2 Å². The number of nitrogens with two attached hydrogens (primary N) is 3. The Morgan fingerprint density at radius 2 is 1.17 bits per heavy atom. The molecule has 0 saturated heterocycles. The summed E-state index contributed by atoms with van der Waals surface area (Å²) in [5, 5.41) is 40.0. The zero-order chi connectivity index (χ0) is 38.1. The van der Waals surface area contributed by atoms with Crippen LogP contribution in [0.4, 0.5) is 0 Å². The molecule has 2 amide bonds. The van der Waals surface area contributed by atoms with Crippen LogP contribution in [0.3, 0.4) is 0 Å². The van der Waals surface area contributed by atoms with Gasteiger partial charge < -0.3 is 43.2 Å². The maximum Gasteiger partial charge on any atom is 0.328 e. The number of carbonyl (C=O) groups is 6. The molecule has 11 N–H and O–H groups in total. The van der Waals surface area contributed by atoms with Crippen molar-refractivity contribution in [1.82, 2.24) is 10.6 Å². The second-order valence-electron chi connectivity index (χ2n) is 15.2. The SMILES string of the molecule is CC(C)CC(=O)C(O)([C@H](CC(C)C)NC(=O)[C@H](C)N)C(C(=O)O)(C(=O)C[C@H](O)[C@@H](N)CC(C)C)C(=O)[C@@H](NC(=O)[C@@H](N)C(C)C)C(C)C. The minimum Gasteiger partial charge on any atom is -0.480 e. The van der Waals surface area contributed by atoms with Crippen molar-refractivity contribution in [3.63, 3.8) is 0 Å². The quantitative estimate of drug-likeness (QED) is 0.0731. The number of amides is 2. The van der Waals surface area contributed by atoms with Gasteiger partial charge in [-0.3, -0.25) is 28.8 Å². The Labute approximate surface area is 285 Å². The minimum absolute atomic E-state index is 0.0326. The molecule has 2 unspecified atom stereocenters. The summed E-state index contributed by atoms with van der Waals surface area (Å²) in [6, 6.07) is -6.94. The smallest absolute Gasteiger partial charge is 0.328 e. The molecule has 278 valence electrons. The van der Waals surface area contributed by atoms with Crippen molar-refractivity contribution in [2.75, 3.05) is 0 Å². The van der Waals surface area contributed by atoms with E-state index in [-0.39, 0.29) is 18.8 Å². The molecule has 8 atom stereocenters. The number of Topliss-reactive ketones (excluding diaryl/α,β-unsaturated/α-hetero) is 3. The summed E-state index contributed by atoms with van der Waals surface area (Å²) in [6.07, 6.45) is -3.26. The fraction of sp³-hybridized carbons (Fsp3) is 0.824. The number of carboxylic acids is 1. The van der Waals surface area contributed by atoms with Crippen molar-refractivity contribution in [2.45, 2.75) is 144 Å². The summed E-state index contributed by atoms with van der Waals surface area (Å²) in [5.41, 5.74) is 10.9. The molecule has 0 rings (SSSR count). The fourth-order valence-electron chi connectivity index (χ4n) is 5.74. The molecular formula is C34H63N5O9. The average Bonchev–Trinajstić information content (AvgIpc) is 2.93. The lowest BCUT2D eigenvalue weighted by molar-refractivity contribution is -0.192. The molecule has 0 aliphatic rings. The van der Waals surface area contributed by atoms with E-state index in [1.54, 1.807) is 41.5 Å². The standard InChI is InChI=1S/C34H63N5O9/c1-16(2)12-22(36)23(40)15-25(41)33(32(46)47,29(43)28(20(9)10)39-31(45)27(37)19(7)8)34(48,26(42)14-18(5)6)24(13-17(3)4)38-30(44)21(11)35/h16-24,27-28,40,48H,12-15,35-37H2,1-11H3,(H,38,44)(H,39,45)(H,46,47)/t21-,22-,23-,24-,27-,28-,33?,34?/m0/s1. The zero-order valence-corrected chi connectivity index (χ0v) is 30.7. The predicted octanol–water partition coefficient (Wildman–Crippen LogP) is 0.669. The van der Waals surface area contributed by atoms with E-state index in [4.69, 9.17) is 17.2 Å². The largest absolute Gasteiger partial charge is 0.480 e. The molecule has 0 aromatic rings. The second-order valence-corrected chi connectivity index (χ2v) is 15.2. The van der Waals surface area contributed by atoms with Crippen LogP contribution in [0.5, 0.6) is 0 Å². The van der Waals surface area contributed by atoms with Crippen LogP contribution in [0, 0.1) is 35.0 Å². The molecule has 0 aliphatic heterocycles. The van der Waals surface area contributed by atoms with Gasteiger partial charge in [-0.05, 0) is 49.4 Å². The molecule has 0 bridgehead atoms. The third-order valence-corrected chi connectivity index (χ3v) is 8.54. The van der Waals surface area contributed by atoms with Gasteiger partial charge in [-0.15, -0.1) is 0 Å². The van der Waals surface area contributed by atoms with Gasteiger partial charge in [0.2, 0.25) is 17.2 Å². The number of aliphatic hydroxyl groups excluding tert-OH is 1. The van der Waals surface area contributed by atoms with Gasteiger partial charge in [-0.2, -0.15) is 0 Å². The Kier molecular flexibility index (Phi) is 17.7. The molecule has 0 heterocycles. The first-order valence-electron chi connectivity index (χ1n) is 16.9. The van der Waals surface area contributed by atoms with Crippen LogP contribution in [-0.4, -0.2) is 92.4 Å². The van der Waals surface area contributed by atoms with E-state index in [2.05, 4.69) is 10.6 Å². The van der Waals surface area contributed by atoms with Gasteiger partial charge in [0, 0.05) is 18.9 Å². The zero-order valence-electron chi connectivity index (χ0n) is 30.7. The molecule has 14 heteroatoms. The van der Waals surface area contributed by atoms with Crippen LogP contribution in [-0.2, 0) is 28.8 Å². The van der Waals surface area contributed by atoms with Crippen molar-refractivity contribution in [3.8, 4) is 0 Å². The Morgan fingerprint density at radius 3 is 1.54 bits per heavy atom. The van der Waals surface area contributed by atoms with Crippen LogP contribution in [0.25, 0.3) is 0 Å². The van der Waals surface area contributed by atoms with Gasteiger partial charge >= 0.3 is 5.97 Å². The lowest BCUT2D eigenvalue weighted by Gasteiger charge is -2.48. The van der Waals surface area contributed by atoms with Crippen molar-refractivity contribution in [3.05, 3.63) is 0 Å². The lowest BCUT2D eigenvalue weighted by Crippen LogP contribution is -2.76. The van der Waals surface area contributed by atoms with Gasteiger partial charge in [-0.25, -0.2) is 0 Å². The van der Waals surface area contributed by atoms with E-state index < -0.39 is 119 Å². The Balaban J connectivity index is 8.25. The number of nitrogens with one attached hydrogen (secondary N) is 2. The van der Waals surface area contributed by atoms with Crippen LogP contribution in [0.2, 0.25) is 0 Å². The highest BCUT2D eigenvalue weighted by molar-refractivity contribution is 6.28. The highest BCUT2D eigenvalue weighted by atomic mass is 16.4. The van der Waals surface area contributed by atoms with Crippen LogP contribution >= 0.6 is 0 Å². The molecule has 0 saturated carbocycles. The Morgan fingerprint density at radius 1 is 0.667 bits per heavy atom. The van der Waals surface area contributed by atoms with Crippen LogP contribution < -0.4 is 27.8 Å². The van der Waals surface area contributed by atoms with E-state index in [1.165, 1.54) is 20.8 Å². The third-order valence-electron chi connectivity index (χ3n) is 8.54. The van der Waals surface area contributed by atoms with Crippen LogP contribution in [0.15, 0.2) is 0 Å². The number of carboxylic acid groups (broad SMARTS) is 1. The maximum absolute atomic E-state index is 15.0. The molecule has 0 spiro atoms. The van der Waals surface area contributed by atoms with Crippen molar-refractivity contribution >= 4 is 35.1 Å². The number of hydrogen-bond acceptors (Lipinski definition) is 11. The maximum atomic E-state index is 15.0. The minimum atomic E-state index is -3.65. The predicted molar refractivity (Wildman–Crippen MR) is 182 cm³/mol. The molecule has 0 aromatic heterocycles. The Bertz CT molecular complexity index is 1140. The summed E-state index contributed by atoms with van der Waals surface area (Å²) >= 11 is 0. The van der Waals surface area contributed by atoms with E-state index in [0.717, 1.165) is 0 Å². The van der Waals surface area contributed by atoms with Gasteiger partial charge in [0.25, 0.3) is 0 Å². The number of ketones is 3. The van der Waals surface area contributed by atoms with Crippen molar-refractivity contribution < 1.29 is 44.1 Å². The molecule has 0 fully saturated rings. The van der Waals surface area contributed by atoms with Crippen molar-refractivity contribution in [1.29, 1.82) is 0 Å². The van der Waals surface area contributed by atoms with E-state index in [9.17, 15) is 44.1 Å². The van der Waals surface area contributed by atoms with Gasteiger partial charge in [0.05, 0.1) is 30.3 Å². The number of rotatable bonds is 22. The topological polar surface area (TPSA) is 265 Å². The second kappa shape index (κ2) is 18.8. The summed E-state index contributed by atoms with van der Waals surface area (Å²) < 4.78 is 0. The van der Waals surface area contributed by atoms with Gasteiger partial charge in [0.1, 0.15) is 0 Å². The highest BCUT2D eigenvalue weighted by Crippen LogP contribution is 2.44.